The Hall–Kier alpha value is -1.31. The summed E-state index contributed by atoms with van der Waals surface area (Å²) in [4.78, 5) is 5.57. The molecule has 0 saturated heterocycles. The van der Waals surface area contributed by atoms with E-state index in [9.17, 15) is 0 Å². The fourth-order valence-corrected chi connectivity index (χ4v) is 2.78. The highest BCUT2D eigenvalue weighted by molar-refractivity contribution is 7.11. The Balaban J connectivity index is 2.19. The third-order valence-corrected chi connectivity index (χ3v) is 3.71. The second-order valence-electron chi connectivity index (χ2n) is 3.99. The number of aromatic nitrogens is 4. The standard InChI is InChI=1S/C10H16N6S/c1-6-10(17-7(2)12-6)9(13-11)4-8-5-16(3)15-14-8/h5,9,13H,4,11H2,1-3H3. The van der Waals surface area contributed by atoms with Crippen molar-refractivity contribution in [2.45, 2.75) is 26.3 Å². The molecule has 17 heavy (non-hydrogen) atoms. The lowest BCUT2D eigenvalue weighted by atomic mass is 10.1. The Kier molecular flexibility index (Phi) is 3.51. The molecule has 0 spiro atoms. The van der Waals surface area contributed by atoms with Crippen molar-refractivity contribution in [3.63, 3.8) is 0 Å². The average Bonchev–Trinajstić information content (AvgIpc) is 2.82. The summed E-state index contributed by atoms with van der Waals surface area (Å²) in [6.45, 7) is 4.00. The Morgan fingerprint density at radius 3 is 2.76 bits per heavy atom. The van der Waals surface area contributed by atoms with Gasteiger partial charge in [-0.15, -0.1) is 16.4 Å². The molecular formula is C10H16N6S. The van der Waals surface area contributed by atoms with Crippen LogP contribution in [-0.4, -0.2) is 20.0 Å². The summed E-state index contributed by atoms with van der Waals surface area (Å²) < 4.78 is 1.69. The molecule has 0 aliphatic heterocycles. The summed E-state index contributed by atoms with van der Waals surface area (Å²) in [5, 5.41) is 9.03. The molecule has 2 heterocycles. The molecule has 1 atom stereocenters. The van der Waals surface area contributed by atoms with Crippen molar-refractivity contribution in [2.24, 2.45) is 12.9 Å². The highest BCUT2D eigenvalue weighted by Crippen LogP contribution is 2.26. The highest BCUT2D eigenvalue weighted by atomic mass is 32.1. The summed E-state index contributed by atoms with van der Waals surface area (Å²) in [6.07, 6.45) is 2.61. The molecule has 0 fully saturated rings. The molecule has 3 N–H and O–H groups in total. The normalized spacial score (nSPS) is 12.9. The number of nitrogens with one attached hydrogen (secondary N) is 1. The van der Waals surface area contributed by atoms with Gasteiger partial charge in [-0.1, -0.05) is 5.21 Å². The molecule has 0 radical (unpaired) electrons. The molecule has 0 bridgehead atoms. The zero-order chi connectivity index (χ0) is 12.4. The number of nitrogens with zero attached hydrogens (tertiary/aromatic N) is 4. The van der Waals surface area contributed by atoms with Crippen molar-refractivity contribution < 1.29 is 0 Å². The van der Waals surface area contributed by atoms with Gasteiger partial charge in [-0.2, -0.15) is 0 Å². The van der Waals surface area contributed by atoms with Gasteiger partial charge in [-0.25, -0.2) is 4.98 Å². The minimum absolute atomic E-state index is 0.0397. The third kappa shape index (κ3) is 2.68. The van der Waals surface area contributed by atoms with Gasteiger partial charge in [0.05, 0.1) is 22.4 Å². The maximum Gasteiger partial charge on any atom is 0.0900 e. The van der Waals surface area contributed by atoms with Crippen LogP contribution in [0.15, 0.2) is 6.20 Å². The van der Waals surface area contributed by atoms with Gasteiger partial charge in [-0.3, -0.25) is 16.0 Å². The van der Waals surface area contributed by atoms with Gasteiger partial charge in [0.2, 0.25) is 0 Å². The fourth-order valence-electron chi connectivity index (χ4n) is 1.80. The van der Waals surface area contributed by atoms with Crippen LogP contribution in [0.5, 0.6) is 0 Å². The molecule has 6 nitrogen and oxygen atoms in total. The predicted molar refractivity (Wildman–Crippen MR) is 66.4 cm³/mol. The zero-order valence-corrected chi connectivity index (χ0v) is 11.0. The maximum absolute atomic E-state index is 5.61. The first kappa shape index (κ1) is 12.2. The molecule has 2 aromatic rings. The van der Waals surface area contributed by atoms with Gasteiger partial charge in [-0.05, 0) is 13.8 Å². The Bertz CT molecular complexity index is 503. The van der Waals surface area contributed by atoms with Gasteiger partial charge in [0.15, 0.2) is 0 Å². The summed E-state index contributed by atoms with van der Waals surface area (Å²) in [5.41, 5.74) is 4.77. The molecule has 0 aromatic carbocycles. The van der Waals surface area contributed by atoms with Crippen molar-refractivity contribution >= 4 is 11.3 Å². The van der Waals surface area contributed by atoms with Crippen LogP contribution in [0, 0.1) is 13.8 Å². The van der Waals surface area contributed by atoms with Crippen LogP contribution < -0.4 is 11.3 Å². The SMILES string of the molecule is Cc1nc(C)c(C(Cc2cn(C)nn2)NN)s1. The topological polar surface area (TPSA) is 81.7 Å². The van der Waals surface area contributed by atoms with E-state index in [1.54, 1.807) is 16.0 Å². The maximum atomic E-state index is 5.61. The number of aryl methyl sites for hydroxylation is 3. The molecular weight excluding hydrogens is 236 g/mol. The third-order valence-electron chi connectivity index (χ3n) is 2.52. The molecule has 0 aliphatic carbocycles. The van der Waals surface area contributed by atoms with Gasteiger partial charge >= 0.3 is 0 Å². The quantitative estimate of drug-likeness (QED) is 0.616. The van der Waals surface area contributed by atoms with Crippen molar-refractivity contribution in [1.82, 2.24) is 25.4 Å². The molecule has 92 valence electrons. The van der Waals surface area contributed by atoms with Crippen LogP contribution in [0.25, 0.3) is 0 Å². The van der Waals surface area contributed by atoms with Crippen molar-refractivity contribution in [1.29, 1.82) is 0 Å². The Morgan fingerprint density at radius 2 is 2.29 bits per heavy atom. The molecule has 2 aromatic heterocycles. The zero-order valence-electron chi connectivity index (χ0n) is 10.1. The van der Waals surface area contributed by atoms with Gasteiger partial charge in [0.25, 0.3) is 0 Å². The monoisotopic (exact) mass is 252 g/mol. The summed E-state index contributed by atoms with van der Waals surface area (Å²) in [7, 11) is 1.85. The van der Waals surface area contributed by atoms with Crippen molar-refractivity contribution in [3.05, 3.63) is 27.5 Å². The van der Waals surface area contributed by atoms with Gasteiger partial charge in [0, 0.05) is 24.5 Å². The smallest absolute Gasteiger partial charge is 0.0900 e. The Morgan fingerprint density at radius 1 is 1.53 bits per heavy atom. The minimum atomic E-state index is 0.0397. The minimum Gasteiger partial charge on any atom is -0.271 e. The van der Waals surface area contributed by atoms with E-state index in [-0.39, 0.29) is 6.04 Å². The number of rotatable bonds is 4. The van der Waals surface area contributed by atoms with Crippen molar-refractivity contribution in [2.75, 3.05) is 0 Å². The van der Waals surface area contributed by atoms with E-state index in [2.05, 4.69) is 20.7 Å². The van der Waals surface area contributed by atoms with Crippen LogP contribution in [0.3, 0.4) is 0 Å². The molecule has 0 aliphatic rings. The molecule has 0 amide bonds. The average molecular weight is 252 g/mol. The number of hydrogen-bond acceptors (Lipinski definition) is 6. The Labute approximate surface area is 104 Å². The fraction of sp³-hybridized carbons (Fsp3) is 0.500. The first-order chi connectivity index (χ1) is 8.10. The number of thiazole rings is 1. The van der Waals surface area contributed by atoms with E-state index in [1.165, 1.54) is 0 Å². The number of nitrogens with two attached hydrogens (primary N) is 1. The largest absolute Gasteiger partial charge is 0.271 e. The van der Waals surface area contributed by atoms with E-state index in [4.69, 9.17) is 5.84 Å². The second-order valence-corrected chi connectivity index (χ2v) is 5.22. The van der Waals surface area contributed by atoms with Gasteiger partial charge < -0.3 is 0 Å². The molecule has 0 saturated carbocycles. The van der Waals surface area contributed by atoms with Gasteiger partial charge in [0.1, 0.15) is 0 Å². The van der Waals surface area contributed by atoms with Crippen LogP contribution in [-0.2, 0) is 13.5 Å². The lowest BCUT2D eigenvalue weighted by Gasteiger charge is -2.12. The first-order valence-corrected chi connectivity index (χ1v) is 6.17. The number of hydrazine groups is 1. The lowest BCUT2D eigenvalue weighted by Crippen LogP contribution is -2.29. The first-order valence-electron chi connectivity index (χ1n) is 5.35. The van der Waals surface area contributed by atoms with Crippen LogP contribution in [0.1, 0.15) is 27.3 Å². The van der Waals surface area contributed by atoms with Crippen LogP contribution >= 0.6 is 11.3 Å². The summed E-state index contributed by atoms with van der Waals surface area (Å²) in [6, 6.07) is 0.0397. The number of hydrogen-bond donors (Lipinski definition) is 2. The van der Waals surface area contributed by atoms with E-state index in [0.29, 0.717) is 6.42 Å². The molecule has 2 rings (SSSR count). The van der Waals surface area contributed by atoms with E-state index >= 15 is 0 Å². The summed E-state index contributed by atoms with van der Waals surface area (Å²) >= 11 is 1.66. The highest BCUT2D eigenvalue weighted by Gasteiger charge is 2.18. The predicted octanol–water partition coefficient (Wildman–Crippen LogP) is 0.636. The van der Waals surface area contributed by atoms with E-state index in [1.807, 2.05) is 27.1 Å². The van der Waals surface area contributed by atoms with Crippen LogP contribution in [0.2, 0.25) is 0 Å². The summed E-state index contributed by atoms with van der Waals surface area (Å²) in [5.74, 6) is 5.61. The molecule has 7 heteroatoms. The lowest BCUT2D eigenvalue weighted by molar-refractivity contribution is 0.550. The van der Waals surface area contributed by atoms with Crippen molar-refractivity contribution in [3.8, 4) is 0 Å². The van der Waals surface area contributed by atoms with E-state index in [0.717, 1.165) is 21.3 Å². The molecule has 1 unspecified atom stereocenters. The second kappa shape index (κ2) is 4.91. The van der Waals surface area contributed by atoms with E-state index < -0.39 is 0 Å². The van der Waals surface area contributed by atoms with Crippen LogP contribution in [0.4, 0.5) is 0 Å².